The van der Waals surface area contributed by atoms with Crippen molar-refractivity contribution < 1.29 is 19.4 Å². The van der Waals surface area contributed by atoms with Crippen LogP contribution >= 0.6 is 23.2 Å². The SMILES string of the molecule is COc1cccc(CNC(C)C(=O)O)c1OCc1ccc(Cl)cc1Cl. The Bertz CT molecular complexity index is 752. The summed E-state index contributed by atoms with van der Waals surface area (Å²) in [6.45, 7) is 2.14. The van der Waals surface area contributed by atoms with Crippen LogP contribution in [0.1, 0.15) is 18.1 Å². The van der Waals surface area contributed by atoms with Crippen molar-refractivity contribution in [2.45, 2.75) is 26.1 Å². The quantitative estimate of drug-likeness (QED) is 0.716. The molecule has 0 bridgehead atoms. The summed E-state index contributed by atoms with van der Waals surface area (Å²) < 4.78 is 11.3. The van der Waals surface area contributed by atoms with Gasteiger partial charge in [-0.15, -0.1) is 0 Å². The second kappa shape index (κ2) is 8.94. The van der Waals surface area contributed by atoms with E-state index in [-0.39, 0.29) is 6.61 Å². The lowest BCUT2D eigenvalue weighted by atomic mass is 10.1. The molecule has 0 aliphatic heterocycles. The number of carboxylic acid groups (broad SMARTS) is 1. The van der Waals surface area contributed by atoms with Crippen LogP contribution in [0.5, 0.6) is 11.5 Å². The van der Waals surface area contributed by atoms with Gasteiger partial charge in [0, 0.05) is 27.7 Å². The molecule has 2 aromatic rings. The highest BCUT2D eigenvalue weighted by Crippen LogP contribution is 2.32. The lowest BCUT2D eigenvalue weighted by Crippen LogP contribution is -2.33. The van der Waals surface area contributed by atoms with Crippen LogP contribution in [0.4, 0.5) is 0 Å². The summed E-state index contributed by atoms with van der Waals surface area (Å²) >= 11 is 12.1. The van der Waals surface area contributed by atoms with Gasteiger partial charge in [0.25, 0.3) is 0 Å². The van der Waals surface area contributed by atoms with Crippen LogP contribution in [-0.2, 0) is 17.9 Å². The minimum atomic E-state index is -0.918. The molecule has 0 aliphatic carbocycles. The molecule has 0 saturated heterocycles. The normalized spacial score (nSPS) is 11.8. The monoisotopic (exact) mass is 383 g/mol. The van der Waals surface area contributed by atoms with E-state index in [2.05, 4.69) is 5.32 Å². The third-order valence-electron chi connectivity index (χ3n) is 3.64. The third kappa shape index (κ3) is 5.26. The van der Waals surface area contributed by atoms with Gasteiger partial charge in [0.05, 0.1) is 7.11 Å². The zero-order chi connectivity index (χ0) is 18.4. The number of para-hydroxylation sites is 1. The minimum absolute atomic E-state index is 0.234. The number of benzene rings is 2. The van der Waals surface area contributed by atoms with Gasteiger partial charge in [0.15, 0.2) is 11.5 Å². The van der Waals surface area contributed by atoms with Crippen LogP contribution in [0, 0.1) is 0 Å². The largest absolute Gasteiger partial charge is 0.493 e. The molecule has 0 aliphatic rings. The topological polar surface area (TPSA) is 67.8 Å². The predicted octanol–water partition coefficient (Wildman–Crippen LogP) is 4.14. The molecular formula is C18H19Cl2NO4. The Morgan fingerprint density at radius 2 is 2.00 bits per heavy atom. The van der Waals surface area contributed by atoms with E-state index in [4.69, 9.17) is 37.8 Å². The molecule has 0 heterocycles. The van der Waals surface area contributed by atoms with E-state index in [1.54, 1.807) is 38.3 Å². The first-order valence-electron chi connectivity index (χ1n) is 7.61. The Kier molecular flexibility index (Phi) is 6.93. The van der Waals surface area contributed by atoms with Gasteiger partial charge >= 0.3 is 5.97 Å². The summed E-state index contributed by atoms with van der Waals surface area (Å²) in [6.07, 6.45) is 0. The summed E-state index contributed by atoms with van der Waals surface area (Å²) in [7, 11) is 1.55. The lowest BCUT2D eigenvalue weighted by molar-refractivity contribution is -0.139. The number of aliphatic carboxylic acids is 1. The van der Waals surface area contributed by atoms with Gasteiger partial charge in [0.2, 0.25) is 0 Å². The standard InChI is InChI=1S/C18H19Cl2NO4/c1-11(18(22)23)21-9-12-4-3-5-16(24-2)17(12)25-10-13-6-7-14(19)8-15(13)20/h3-8,11,21H,9-10H2,1-2H3,(H,22,23). The maximum Gasteiger partial charge on any atom is 0.320 e. The molecule has 25 heavy (non-hydrogen) atoms. The Labute approximate surface area is 156 Å². The third-order valence-corrected chi connectivity index (χ3v) is 4.22. The second-order valence-electron chi connectivity index (χ2n) is 5.41. The average Bonchev–Trinajstić information content (AvgIpc) is 2.58. The summed E-state index contributed by atoms with van der Waals surface area (Å²) in [6, 6.07) is 9.97. The molecule has 0 fully saturated rings. The smallest absolute Gasteiger partial charge is 0.320 e. The number of rotatable bonds is 8. The predicted molar refractivity (Wildman–Crippen MR) is 97.7 cm³/mol. The zero-order valence-electron chi connectivity index (χ0n) is 13.9. The number of hydrogen-bond acceptors (Lipinski definition) is 4. The van der Waals surface area contributed by atoms with E-state index < -0.39 is 12.0 Å². The van der Waals surface area contributed by atoms with E-state index >= 15 is 0 Å². The molecule has 0 amide bonds. The van der Waals surface area contributed by atoms with E-state index in [1.165, 1.54) is 0 Å². The van der Waals surface area contributed by atoms with Gasteiger partial charge in [-0.2, -0.15) is 0 Å². The molecule has 2 aromatic carbocycles. The number of methoxy groups -OCH3 is 1. The highest BCUT2D eigenvalue weighted by Gasteiger charge is 2.15. The zero-order valence-corrected chi connectivity index (χ0v) is 15.4. The number of hydrogen-bond donors (Lipinski definition) is 2. The van der Waals surface area contributed by atoms with Crippen LogP contribution in [0.15, 0.2) is 36.4 Å². The minimum Gasteiger partial charge on any atom is -0.493 e. The maximum absolute atomic E-state index is 11.0. The molecule has 0 saturated carbocycles. The number of carboxylic acids is 1. The number of halogens is 2. The maximum atomic E-state index is 11.0. The van der Waals surface area contributed by atoms with Crippen LogP contribution in [-0.4, -0.2) is 24.2 Å². The van der Waals surface area contributed by atoms with E-state index in [0.29, 0.717) is 28.1 Å². The van der Waals surface area contributed by atoms with Crippen molar-refractivity contribution in [1.82, 2.24) is 5.32 Å². The van der Waals surface area contributed by atoms with Gasteiger partial charge in [-0.25, -0.2) is 0 Å². The van der Waals surface area contributed by atoms with Crippen molar-refractivity contribution in [2.75, 3.05) is 7.11 Å². The number of nitrogens with one attached hydrogen (secondary N) is 1. The fourth-order valence-corrected chi connectivity index (χ4v) is 2.63. The van der Waals surface area contributed by atoms with Crippen LogP contribution in [0.3, 0.4) is 0 Å². The van der Waals surface area contributed by atoms with Crippen molar-refractivity contribution in [3.8, 4) is 11.5 Å². The van der Waals surface area contributed by atoms with Gasteiger partial charge < -0.3 is 19.9 Å². The molecular weight excluding hydrogens is 365 g/mol. The summed E-state index contributed by atoms with van der Waals surface area (Å²) in [4.78, 5) is 11.0. The summed E-state index contributed by atoms with van der Waals surface area (Å²) in [5.74, 6) is 0.187. The van der Waals surface area contributed by atoms with Crippen molar-refractivity contribution >= 4 is 29.2 Å². The fraction of sp³-hybridized carbons (Fsp3) is 0.278. The first kappa shape index (κ1) is 19.4. The highest BCUT2D eigenvalue weighted by atomic mass is 35.5. The van der Waals surface area contributed by atoms with E-state index in [1.807, 2.05) is 12.1 Å². The van der Waals surface area contributed by atoms with E-state index in [9.17, 15) is 4.79 Å². The Morgan fingerprint density at radius 3 is 2.64 bits per heavy atom. The van der Waals surface area contributed by atoms with Crippen molar-refractivity contribution in [3.05, 3.63) is 57.6 Å². The molecule has 1 atom stereocenters. The molecule has 2 N–H and O–H groups in total. The highest BCUT2D eigenvalue weighted by molar-refractivity contribution is 6.35. The average molecular weight is 384 g/mol. The molecule has 0 spiro atoms. The van der Waals surface area contributed by atoms with Crippen LogP contribution in [0.25, 0.3) is 0 Å². The van der Waals surface area contributed by atoms with Crippen LogP contribution < -0.4 is 14.8 Å². The molecule has 7 heteroatoms. The number of ether oxygens (including phenoxy) is 2. The molecule has 1 unspecified atom stereocenters. The Morgan fingerprint density at radius 1 is 1.24 bits per heavy atom. The van der Waals surface area contributed by atoms with Gasteiger partial charge in [-0.3, -0.25) is 4.79 Å². The summed E-state index contributed by atoms with van der Waals surface area (Å²) in [5.41, 5.74) is 1.58. The molecule has 0 radical (unpaired) electrons. The lowest BCUT2D eigenvalue weighted by Gasteiger charge is -2.17. The first-order valence-corrected chi connectivity index (χ1v) is 8.36. The van der Waals surface area contributed by atoms with Crippen molar-refractivity contribution in [2.24, 2.45) is 0 Å². The van der Waals surface area contributed by atoms with Crippen LogP contribution in [0.2, 0.25) is 10.0 Å². The van der Waals surface area contributed by atoms with Gasteiger partial charge in [-0.05, 0) is 25.1 Å². The summed E-state index contributed by atoms with van der Waals surface area (Å²) in [5, 5.41) is 13.0. The number of carbonyl (C=O) groups is 1. The molecule has 0 aromatic heterocycles. The van der Waals surface area contributed by atoms with Gasteiger partial charge in [0.1, 0.15) is 12.6 Å². The molecule has 5 nitrogen and oxygen atoms in total. The molecule has 134 valence electrons. The van der Waals surface area contributed by atoms with Crippen molar-refractivity contribution in [1.29, 1.82) is 0 Å². The molecule has 2 rings (SSSR count). The first-order chi connectivity index (χ1) is 11.9. The van der Waals surface area contributed by atoms with Gasteiger partial charge in [-0.1, -0.05) is 41.4 Å². The Balaban J connectivity index is 2.18. The Hall–Kier alpha value is -1.95. The van der Waals surface area contributed by atoms with E-state index in [0.717, 1.165) is 11.1 Å². The fourth-order valence-electron chi connectivity index (χ4n) is 2.16. The van der Waals surface area contributed by atoms with Crippen molar-refractivity contribution in [3.63, 3.8) is 0 Å². The second-order valence-corrected chi connectivity index (χ2v) is 6.26.